The second kappa shape index (κ2) is 5.72. The van der Waals surface area contributed by atoms with Crippen LogP contribution in [0.5, 0.6) is 0 Å². The summed E-state index contributed by atoms with van der Waals surface area (Å²) in [7, 11) is 1.05. The fraction of sp³-hybridized carbons (Fsp3) is 0.250. The summed E-state index contributed by atoms with van der Waals surface area (Å²) in [4.78, 5) is 24.3. The van der Waals surface area contributed by atoms with Crippen LogP contribution in [0, 0.1) is 56.2 Å². The van der Waals surface area contributed by atoms with Crippen LogP contribution in [-0.2, 0) is 14.3 Å². The van der Waals surface area contributed by atoms with Crippen molar-refractivity contribution >= 4 is 12.3 Å². The molecule has 0 spiro atoms. The number of carbonyl (C=O) groups is 2. The first-order valence-electron chi connectivity index (χ1n) is 6.58. The van der Waals surface area contributed by atoms with E-state index in [0.717, 1.165) is 13.3 Å². The third-order valence-corrected chi connectivity index (χ3v) is 4.04. The lowest BCUT2D eigenvalue weighted by molar-refractivity contribution is -0.137. The second-order valence-electron chi connectivity index (χ2n) is 5.04. The van der Waals surface area contributed by atoms with Crippen LogP contribution < -0.4 is 0 Å². The monoisotopic (exact) mass is 319 g/mol. The molecule has 0 aromatic heterocycles. The predicted octanol–water partition coefficient (Wildman–Crippen LogP) is 0.447. The SMILES string of the molecule is COC(=O)C1=CN2C=C(C=O)C=CC2C(C#N)(C#N)C1(C#N)C#N. The number of nitriles is 4. The molecule has 0 fully saturated rings. The van der Waals surface area contributed by atoms with E-state index in [9.17, 15) is 30.6 Å². The molecule has 0 saturated carbocycles. The van der Waals surface area contributed by atoms with Crippen molar-refractivity contribution in [3.63, 3.8) is 0 Å². The highest BCUT2D eigenvalue weighted by molar-refractivity contribution is 5.93. The molecule has 0 saturated heterocycles. The van der Waals surface area contributed by atoms with Crippen molar-refractivity contribution < 1.29 is 14.3 Å². The van der Waals surface area contributed by atoms with E-state index in [-0.39, 0.29) is 5.57 Å². The van der Waals surface area contributed by atoms with Gasteiger partial charge in [0.25, 0.3) is 0 Å². The Hall–Kier alpha value is -3.88. The van der Waals surface area contributed by atoms with Gasteiger partial charge in [0, 0.05) is 18.0 Å². The smallest absolute Gasteiger partial charge is 0.338 e. The highest BCUT2D eigenvalue weighted by Gasteiger charge is 2.66. The Morgan fingerprint density at radius 2 is 1.83 bits per heavy atom. The van der Waals surface area contributed by atoms with Crippen LogP contribution in [0.2, 0.25) is 0 Å². The fourth-order valence-electron chi connectivity index (χ4n) is 2.80. The van der Waals surface area contributed by atoms with E-state index in [1.165, 1.54) is 23.3 Å². The van der Waals surface area contributed by atoms with Crippen molar-refractivity contribution in [2.75, 3.05) is 7.11 Å². The van der Waals surface area contributed by atoms with Crippen LogP contribution in [0.25, 0.3) is 0 Å². The summed E-state index contributed by atoms with van der Waals surface area (Å²) in [5.41, 5.74) is -4.75. The summed E-state index contributed by atoms with van der Waals surface area (Å²) < 4.78 is 4.60. The van der Waals surface area contributed by atoms with Gasteiger partial charge in [-0.2, -0.15) is 21.0 Å². The van der Waals surface area contributed by atoms with E-state index < -0.39 is 28.4 Å². The molecule has 0 amide bonds. The molecule has 0 aromatic rings. The van der Waals surface area contributed by atoms with Gasteiger partial charge in [0.05, 0.1) is 43.0 Å². The number of aldehydes is 1. The average molecular weight is 319 g/mol. The van der Waals surface area contributed by atoms with Crippen molar-refractivity contribution in [3.05, 3.63) is 35.7 Å². The Bertz CT molecular complexity index is 841. The third-order valence-electron chi connectivity index (χ3n) is 4.04. The summed E-state index contributed by atoms with van der Waals surface area (Å²) >= 11 is 0. The number of methoxy groups -OCH3 is 1. The molecule has 1 atom stereocenters. The average Bonchev–Trinajstić information content (AvgIpc) is 2.64. The Morgan fingerprint density at radius 3 is 2.29 bits per heavy atom. The molecule has 0 bridgehead atoms. The van der Waals surface area contributed by atoms with Crippen molar-refractivity contribution in [1.29, 1.82) is 21.0 Å². The molecule has 0 aromatic carbocycles. The van der Waals surface area contributed by atoms with E-state index in [0.29, 0.717) is 6.29 Å². The standard InChI is InChI=1S/C16H9N5O3/c1-24-14(23)12-5-21-4-11(6-22)2-3-13(21)16(9-19,10-20)15(12,7-17)8-18/h2-6,13H,1H3. The van der Waals surface area contributed by atoms with E-state index in [1.807, 2.05) is 0 Å². The molecule has 8 heteroatoms. The molecular weight excluding hydrogens is 310 g/mol. The first-order valence-corrected chi connectivity index (χ1v) is 6.58. The largest absolute Gasteiger partial charge is 0.466 e. The Kier molecular flexibility index (Phi) is 3.93. The first-order chi connectivity index (χ1) is 11.5. The summed E-state index contributed by atoms with van der Waals surface area (Å²) in [6.45, 7) is 0. The second-order valence-corrected chi connectivity index (χ2v) is 5.04. The van der Waals surface area contributed by atoms with Crippen molar-refractivity contribution in [3.8, 4) is 24.3 Å². The number of esters is 1. The van der Waals surface area contributed by atoms with Crippen LogP contribution in [0.4, 0.5) is 0 Å². The zero-order chi connectivity index (χ0) is 18.0. The van der Waals surface area contributed by atoms with E-state index >= 15 is 0 Å². The van der Waals surface area contributed by atoms with E-state index in [1.54, 1.807) is 24.3 Å². The fourth-order valence-corrected chi connectivity index (χ4v) is 2.80. The summed E-state index contributed by atoms with van der Waals surface area (Å²) in [5.74, 6) is -1.01. The molecule has 0 radical (unpaired) electrons. The van der Waals surface area contributed by atoms with Gasteiger partial charge in [-0.05, 0) is 0 Å². The number of fused-ring (bicyclic) bond motifs is 1. The van der Waals surface area contributed by atoms with Gasteiger partial charge in [0.15, 0.2) is 6.29 Å². The molecule has 24 heavy (non-hydrogen) atoms. The topological polar surface area (TPSA) is 142 Å². The zero-order valence-corrected chi connectivity index (χ0v) is 12.4. The lowest BCUT2D eigenvalue weighted by atomic mass is 9.56. The normalized spacial score (nSPS) is 22.2. The maximum Gasteiger partial charge on any atom is 0.338 e. The van der Waals surface area contributed by atoms with Crippen LogP contribution in [0.15, 0.2) is 35.7 Å². The van der Waals surface area contributed by atoms with Crippen molar-refractivity contribution in [1.82, 2.24) is 4.90 Å². The first kappa shape index (κ1) is 16.5. The van der Waals surface area contributed by atoms with E-state index in [4.69, 9.17) is 0 Å². The van der Waals surface area contributed by atoms with Crippen LogP contribution in [0.1, 0.15) is 0 Å². The van der Waals surface area contributed by atoms with Gasteiger partial charge in [-0.1, -0.05) is 12.2 Å². The van der Waals surface area contributed by atoms with Gasteiger partial charge >= 0.3 is 5.97 Å². The number of hydrogen-bond acceptors (Lipinski definition) is 8. The number of ether oxygens (including phenoxy) is 1. The number of allylic oxidation sites excluding steroid dienone is 2. The molecule has 1 unspecified atom stereocenters. The molecule has 2 rings (SSSR count). The zero-order valence-electron chi connectivity index (χ0n) is 12.4. The van der Waals surface area contributed by atoms with Crippen LogP contribution in [-0.4, -0.2) is 30.3 Å². The molecule has 2 heterocycles. The minimum atomic E-state index is -2.35. The Morgan fingerprint density at radius 1 is 1.21 bits per heavy atom. The molecule has 116 valence electrons. The van der Waals surface area contributed by atoms with Gasteiger partial charge in [0.1, 0.15) is 0 Å². The molecule has 8 nitrogen and oxygen atoms in total. The molecular formula is C16H9N5O3. The van der Waals surface area contributed by atoms with Gasteiger partial charge in [-0.3, -0.25) is 4.79 Å². The van der Waals surface area contributed by atoms with Crippen molar-refractivity contribution in [2.45, 2.75) is 6.04 Å². The van der Waals surface area contributed by atoms with Gasteiger partial charge in [-0.15, -0.1) is 0 Å². The molecule has 0 aliphatic carbocycles. The quantitative estimate of drug-likeness (QED) is 0.527. The highest BCUT2D eigenvalue weighted by Crippen LogP contribution is 2.52. The van der Waals surface area contributed by atoms with Gasteiger partial charge < -0.3 is 9.64 Å². The maximum atomic E-state index is 12.1. The van der Waals surface area contributed by atoms with Crippen LogP contribution in [0.3, 0.4) is 0 Å². The van der Waals surface area contributed by atoms with Gasteiger partial charge in [0.2, 0.25) is 10.8 Å². The maximum absolute atomic E-state index is 12.1. The van der Waals surface area contributed by atoms with Crippen LogP contribution >= 0.6 is 0 Å². The Balaban J connectivity index is 2.89. The molecule has 2 aliphatic heterocycles. The summed E-state index contributed by atoms with van der Waals surface area (Å²) in [6.07, 6.45) is 5.79. The lowest BCUT2D eigenvalue weighted by Gasteiger charge is -2.45. The van der Waals surface area contributed by atoms with E-state index in [2.05, 4.69) is 4.74 Å². The predicted molar refractivity (Wildman–Crippen MR) is 76.3 cm³/mol. The number of rotatable bonds is 2. The minimum absolute atomic E-state index is 0.234. The Labute approximate surface area is 137 Å². The number of nitrogens with zero attached hydrogens (tertiary/aromatic N) is 5. The van der Waals surface area contributed by atoms with Crippen molar-refractivity contribution in [2.24, 2.45) is 10.8 Å². The highest BCUT2D eigenvalue weighted by atomic mass is 16.5. The number of hydrogen-bond donors (Lipinski definition) is 0. The molecule has 0 N–H and O–H groups in total. The lowest BCUT2D eigenvalue weighted by Crippen LogP contribution is -2.57. The minimum Gasteiger partial charge on any atom is -0.466 e. The van der Waals surface area contributed by atoms with Gasteiger partial charge in [-0.25, -0.2) is 4.79 Å². The third kappa shape index (κ3) is 1.81. The number of carbonyl (C=O) groups excluding carboxylic acids is 2. The summed E-state index contributed by atoms with van der Waals surface area (Å²) in [6, 6.07) is 5.76. The summed E-state index contributed by atoms with van der Waals surface area (Å²) in [5, 5.41) is 38.5. The molecule has 2 aliphatic rings.